The Hall–Kier alpha value is -0.660. The Balaban J connectivity index is 2.40. The molecule has 0 aromatic heterocycles. The number of carbonyl (C=O) groups excluding carboxylic acids is 1. The van der Waals surface area contributed by atoms with E-state index in [2.05, 4.69) is 4.72 Å². The lowest BCUT2D eigenvalue weighted by atomic mass is 10.00. The van der Waals surface area contributed by atoms with Crippen LogP contribution >= 0.6 is 0 Å². The molecule has 6 nitrogen and oxygen atoms in total. The lowest BCUT2D eigenvalue weighted by Crippen LogP contribution is -2.48. The highest BCUT2D eigenvalue weighted by Gasteiger charge is 2.26. The SMILES string of the molecule is CCS(=O)(=O)NC1CCN(C(=O)CC(N)C(C)C)CC1. The Morgan fingerprint density at radius 1 is 1.35 bits per heavy atom. The summed E-state index contributed by atoms with van der Waals surface area (Å²) in [6.07, 6.45) is 1.70. The van der Waals surface area contributed by atoms with Crippen LogP contribution in [0.2, 0.25) is 0 Å². The van der Waals surface area contributed by atoms with Crippen molar-refractivity contribution < 1.29 is 13.2 Å². The van der Waals surface area contributed by atoms with E-state index in [-0.39, 0.29) is 29.7 Å². The highest BCUT2D eigenvalue weighted by atomic mass is 32.2. The number of sulfonamides is 1. The van der Waals surface area contributed by atoms with E-state index in [0.717, 1.165) is 0 Å². The number of hydrogen-bond acceptors (Lipinski definition) is 4. The lowest BCUT2D eigenvalue weighted by Gasteiger charge is -2.33. The van der Waals surface area contributed by atoms with Gasteiger partial charge in [0, 0.05) is 31.6 Å². The average molecular weight is 305 g/mol. The van der Waals surface area contributed by atoms with E-state index in [1.54, 1.807) is 11.8 Å². The number of nitrogens with zero attached hydrogens (tertiary/aromatic N) is 1. The smallest absolute Gasteiger partial charge is 0.224 e. The van der Waals surface area contributed by atoms with Crippen molar-refractivity contribution in [3.63, 3.8) is 0 Å². The number of nitrogens with two attached hydrogens (primary N) is 1. The van der Waals surface area contributed by atoms with Gasteiger partial charge in [0.1, 0.15) is 0 Å². The van der Waals surface area contributed by atoms with Crippen LogP contribution in [-0.2, 0) is 14.8 Å². The monoisotopic (exact) mass is 305 g/mol. The van der Waals surface area contributed by atoms with Crippen LogP contribution in [0.3, 0.4) is 0 Å². The first-order chi connectivity index (χ1) is 9.25. The van der Waals surface area contributed by atoms with Crippen LogP contribution in [-0.4, -0.2) is 50.2 Å². The molecule has 0 saturated carbocycles. The Labute approximate surface area is 122 Å². The summed E-state index contributed by atoms with van der Waals surface area (Å²) >= 11 is 0. The molecule has 20 heavy (non-hydrogen) atoms. The molecule has 3 N–H and O–H groups in total. The normalized spacial score (nSPS) is 19.4. The van der Waals surface area contributed by atoms with Gasteiger partial charge in [-0.15, -0.1) is 0 Å². The van der Waals surface area contributed by atoms with E-state index >= 15 is 0 Å². The second-order valence-electron chi connectivity index (χ2n) is 5.79. The molecule has 1 amide bonds. The Morgan fingerprint density at radius 3 is 2.35 bits per heavy atom. The van der Waals surface area contributed by atoms with Gasteiger partial charge in [0.05, 0.1) is 5.75 Å². The zero-order valence-electron chi connectivity index (χ0n) is 12.6. The summed E-state index contributed by atoms with van der Waals surface area (Å²) in [7, 11) is -3.16. The van der Waals surface area contributed by atoms with E-state index in [1.807, 2.05) is 13.8 Å². The van der Waals surface area contributed by atoms with Crippen LogP contribution in [0.4, 0.5) is 0 Å². The van der Waals surface area contributed by atoms with Gasteiger partial charge in [-0.3, -0.25) is 4.79 Å². The number of likely N-dealkylation sites (tertiary alicyclic amines) is 1. The standard InChI is InChI=1S/C13H27N3O3S/c1-4-20(18,19)15-11-5-7-16(8-6-11)13(17)9-12(14)10(2)3/h10-12,15H,4-9,14H2,1-3H3. The Kier molecular flexibility index (Phi) is 6.42. The van der Waals surface area contributed by atoms with Gasteiger partial charge in [-0.2, -0.15) is 0 Å². The third-order valence-corrected chi connectivity index (χ3v) is 5.29. The maximum Gasteiger partial charge on any atom is 0.224 e. The van der Waals surface area contributed by atoms with Crippen molar-refractivity contribution in [2.75, 3.05) is 18.8 Å². The molecule has 1 fully saturated rings. The van der Waals surface area contributed by atoms with Crippen molar-refractivity contribution in [3.05, 3.63) is 0 Å². The fourth-order valence-electron chi connectivity index (χ4n) is 2.15. The molecule has 1 heterocycles. The number of rotatable bonds is 6. The van der Waals surface area contributed by atoms with Crippen LogP contribution in [0.25, 0.3) is 0 Å². The minimum atomic E-state index is -3.16. The highest BCUT2D eigenvalue weighted by Crippen LogP contribution is 2.14. The first kappa shape index (κ1) is 17.4. The van der Waals surface area contributed by atoms with Gasteiger partial charge in [0.2, 0.25) is 15.9 Å². The summed E-state index contributed by atoms with van der Waals surface area (Å²) in [5, 5.41) is 0. The second-order valence-corrected chi connectivity index (χ2v) is 7.83. The zero-order valence-corrected chi connectivity index (χ0v) is 13.4. The van der Waals surface area contributed by atoms with Crippen molar-refractivity contribution in [3.8, 4) is 0 Å². The van der Waals surface area contributed by atoms with E-state index in [1.165, 1.54) is 0 Å². The van der Waals surface area contributed by atoms with E-state index in [9.17, 15) is 13.2 Å². The number of carbonyl (C=O) groups is 1. The van der Waals surface area contributed by atoms with Crippen molar-refractivity contribution >= 4 is 15.9 Å². The lowest BCUT2D eigenvalue weighted by molar-refractivity contribution is -0.132. The van der Waals surface area contributed by atoms with Crippen molar-refractivity contribution in [1.82, 2.24) is 9.62 Å². The molecule has 1 atom stereocenters. The third kappa shape index (κ3) is 5.38. The van der Waals surface area contributed by atoms with Crippen LogP contribution in [0, 0.1) is 5.92 Å². The van der Waals surface area contributed by atoms with Crippen molar-refractivity contribution in [2.24, 2.45) is 11.7 Å². The first-order valence-electron chi connectivity index (χ1n) is 7.28. The molecule has 1 aliphatic rings. The summed E-state index contributed by atoms with van der Waals surface area (Å²) in [6, 6.07) is -0.165. The van der Waals surface area contributed by atoms with Crippen LogP contribution in [0.15, 0.2) is 0 Å². The summed E-state index contributed by atoms with van der Waals surface area (Å²) in [5.41, 5.74) is 5.91. The topological polar surface area (TPSA) is 92.5 Å². The minimum absolute atomic E-state index is 0.0530. The molecule has 7 heteroatoms. The Morgan fingerprint density at radius 2 is 1.90 bits per heavy atom. The van der Waals surface area contributed by atoms with Gasteiger partial charge < -0.3 is 10.6 Å². The van der Waals surface area contributed by atoms with Gasteiger partial charge in [-0.1, -0.05) is 13.8 Å². The quantitative estimate of drug-likeness (QED) is 0.737. The van der Waals surface area contributed by atoms with E-state index < -0.39 is 10.0 Å². The molecule has 0 aliphatic carbocycles. The predicted octanol–water partition coefficient (Wildman–Crippen LogP) is 0.290. The first-order valence-corrected chi connectivity index (χ1v) is 8.93. The number of amides is 1. The molecule has 0 aromatic rings. The molecule has 0 radical (unpaired) electrons. The molecular formula is C13H27N3O3S. The average Bonchev–Trinajstić information content (AvgIpc) is 2.38. The summed E-state index contributed by atoms with van der Waals surface area (Å²) in [5.74, 6) is 0.450. The van der Waals surface area contributed by atoms with Crippen LogP contribution < -0.4 is 10.5 Å². The molecule has 118 valence electrons. The van der Waals surface area contributed by atoms with Crippen LogP contribution in [0.5, 0.6) is 0 Å². The summed E-state index contributed by atoms with van der Waals surface area (Å²) in [4.78, 5) is 13.9. The molecule has 0 spiro atoms. The van der Waals surface area contributed by atoms with Crippen LogP contribution in [0.1, 0.15) is 40.0 Å². The highest BCUT2D eigenvalue weighted by molar-refractivity contribution is 7.89. The molecule has 0 aromatic carbocycles. The molecule has 1 rings (SSSR count). The van der Waals surface area contributed by atoms with E-state index in [4.69, 9.17) is 5.73 Å². The number of hydrogen-bond donors (Lipinski definition) is 2. The van der Waals surface area contributed by atoms with E-state index in [0.29, 0.717) is 32.4 Å². The largest absolute Gasteiger partial charge is 0.343 e. The van der Waals surface area contributed by atoms with Crippen molar-refractivity contribution in [2.45, 2.75) is 52.1 Å². The molecule has 1 saturated heterocycles. The molecule has 0 bridgehead atoms. The van der Waals surface area contributed by atoms with Gasteiger partial charge in [0.25, 0.3) is 0 Å². The minimum Gasteiger partial charge on any atom is -0.343 e. The molecular weight excluding hydrogens is 278 g/mol. The van der Waals surface area contributed by atoms with Gasteiger partial charge >= 0.3 is 0 Å². The third-order valence-electron chi connectivity index (χ3n) is 3.84. The zero-order chi connectivity index (χ0) is 15.3. The van der Waals surface area contributed by atoms with Gasteiger partial charge in [-0.25, -0.2) is 13.1 Å². The number of nitrogens with one attached hydrogen (secondary N) is 1. The summed E-state index contributed by atoms with van der Waals surface area (Å²) in [6.45, 7) is 6.82. The maximum atomic E-state index is 12.1. The maximum absolute atomic E-state index is 12.1. The summed E-state index contributed by atoms with van der Waals surface area (Å²) < 4.78 is 25.7. The van der Waals surface area contributed by atoms with Gasteiger partial charge in [-0.05, 0) is 25.7 Å². The van der Waals surface area contributed by atoms with Crippen molar-refractivity contribution in [1.29, 1.82) is 0 Å². The van der Waals surface area contributed by atoms with Gasteiger partial charge in [0.15, 0.2) is 0 Å². The fraction of sp³-hybridized carbons (Fsp3) is 0.923. The predicted molar refractivity (Wildman–Crippen MR) is 79.6 cm³/mol. The molecule has 1 unspecified atom stereocenters. The fourth-order valence-corrected chi connectivity index (χ4v) is 3.06. The number of piperidine rings is 1. The molecule has 1 aliphatic heterocycles. The Bertz CT molecular complexity index is 415. The second kappa shape index (κ2) is 7.38.